The van der Waals surface area contributed by atoms with E-state index in [1.54, 1.807) is 6.07 Å². The molecule has 3 rings (SSSR count). The summed E-state index contributed by atoms with van der Waals surface area (Å²) in [5, 5.41) is 11.0. The SMILES string of the molecule is COP(=O)(OC)c1nc(-c2cccc([N+](=O)[O-])c2)oc1N1CCOCC1. The summed E-state index contributed by atoms with van der Waals surface area (Å²) in [5.41, 5.74) is 0.321. The van der Waals surface area contributed by atoms with Crippen molar-refractivity contribution in [2.75, 3.05) is 45.4 Å². The third-order valence-corrected chi connectivity index (χ3v) is 5.71. The molecule has 2 heterocycles. The van der Waals surface area contributed by atoms with Gasteiger partial charge in [0.05, 0.1) is 18.1 Å². The lowest BCUT2D eigenvalue weighted by Crippen LogP contribution is -2.38. The molecule has 0 unspecified atom stereocenters. The number of aromatic nitrogens is 1. The molecule has 0 aliphatic carbocycles. The Balaban J connectivity index is 2.10. The van der Waals surface area contributed by atoms with Crippen LogP contribution in [-0.4, -0.2) is 50.4 Å². The van der Waals surface area contributed by atoms with Crippen LogP contribution in [0.3, 0.4) is 0 Å². The van der Waals surface area contributed by atoms with Gasteiger partial charge in [0, 0.05) is 45.0 Å². The maximum absolute atomic E-state index is 12.9. The van der Waals surface area contributed by atoms with Gasteiger partial charge in [0.1, 0.15) is 0 Å². The average Bonchev–Trinajstić information content (AvgIpc) is 3.14. The number of hydrogen-bond donors (Lipinski definition) is 0. The Morgan fingerprint density at radius 3 is 2.58 bits per heavy atom. The minimum Gasteiger partial charge on any atom is -0.419 e. The van der Waals surface area contributed by atoms with Crippen LogP contribution < -0.4 is 10.3 Å². The van der Waals surface area contributed by atoms with Crippen LogP contribution in [0.25, 0.3) is 11.5 Å². The molecular formula is C15H18N3O7P. The predicted molar refractivity (Wildman–Crippen MR) is 92.9 cm³/mol. The summed E-state index contributed by atoms with van der Waals surface area (Å²) in [6, 6.07) is 5.85. The van der Waals surface area contributed by atoms with Gasteiger partial charge in [-0.3, -0.25) is 14.7 Å². The standard InChI is InChI=1S/C15H18N3O7P/c1-22-26(21,23-2)14-15(17-6-8-24-9-7-17)25-13(16-14)11-4-3-5-12(10-11)18(19)20/h3-5,10H,6-9H2,1-2H3. The average molecular weight is 383 g/mol. The van der Waals surface area contributed by atoms with Crippen LogP contribution in [0.5, 0.6) is 0 Å². The van der Waals surface area contributed by atoms with Crippen molar-refractivity contribution in [3.8, 4) is 11.5 Å². The largest absolute Gasteiger partial charge is 0.419 e. The second kappa shape index (κ2) is 7.55. The quantitative estimate of drug-likeness (QED) is 0.420. The molecule has 0 bridgehead atoms. The fourth-order valence-electron chi connectivity index (χ4n) is 2.58. The zero-order valence-corrected chi connectivity index (χ0v) is 15.2. The number of anilines is 1. The van der Waals surface area contributed by atoms with Crippen molar-refractivity contribution in [3.63, 3.8) is 0 Å². The van der Waals surface area contributed by atoms with E-state index in [4.69, 9.17) is 18.2 Å². The summed E-state index contributed by atoms with van der Waals surface area (Å²) in [7, 11) is -1.17. The lowest BCUT2D eigenvalue weighted by atomic mass is 10.2. The Hall–Kier alpha value is -2.26. The molecule has 1 aromatic heterocycles. The van der Waals surface area contributed by atoms with Crippen molar-refractivity contribution < 1.29 is 27.7 Å². The predicted octanol–water partition coefficient (Wildman–Crippen LogP) is 2.20. The third-order valence-electron chi connectivity index (χ3n) is 3.93. The molecule has 1 aliphatic heterocycles. The first-order chi connectivity index (χ1) is 12.5. The van der Waals surface area contributed by atoms with E-state index in [0.29, 0.717) is 31.9 Å². The lowest BCUT2D eigenvalue weighted by Gasteiger charge is -2.27. The molecule has 0 amide bonds. The second-order valence-electron chi connectivity index (χ2n) is 5.42. The third kappa shape index (κ3) is 3.49. The molecule has 1 aromatic carbocycles. The van der Waals surface area contributed by atoms with Gasteiger partial charge in [0.2, 0.25) is 17.2 Å². The molecular weight excluding hydrogens is 365 g/mol. The van der Waals surface area contributed by atoms with Gasteiger partial charge in [0.25, 0.3) is 5.69 Å². The molecule has 1 saturated heterocycles. The van der Waals surface area contributed by atoms with Gasteiger partial charge in [-0.05, 0) is 6.07 Å². The van der Waals surface area contributed by atoms with E-state index < -0.39 is 12.5 Å². The maximum atomic E-state index is 12.9. The Labute approximate surface area is 149 Å². The zero-order chi connectivity index (χ0) is 18.7. The highest BCUT2D eigenvalue weighted by Gasteiger charge is 2.37. The molecule has 2 aromatic rings. The fourth-order valence-corrected chi connectivity index (χ4v) is 3.71. The molecule has 140 valence electrons. The van der Waals surface area contributed by atoms with Crippen LogP contribution >= 0.6 is 7.60 Å². The minimum absolute atomic E-state index is 0.0332. The van der Waals surface area contributed by atoms with E-state index in [1.807, 2.05) is 4.90 Å². The van der Waals surface area contributed by atoms with Crippen molar-refractivity contribution in [1.82, 2.24) is 4.98 Å². The van der Waals surface area contributed by atoms with Crippen molar-refractivity contribution in [1.29, 1.82) is 0 Å². The molecule has 0 spiro atoms. The number of nitro groups is 1. The van der Waals surface area contributed by atoms with Gasteiger partial charge in [-0.25, -0.2) is 0 Å². The smallest absolute Gasteiger partial charge is 0.384 e. The Morgan fingerprint density at radius 2 is 1.96 bits per heavy atom. The number of rotatable bonds is 6. The van der Waals surface area contributed by atoms with E-state index in [-0.39, 0.29) is 22.9 Å². The monoisotopic (exact) mass is 383 g/mol. The van der Waals surface area contributed by atoms with Crippen molar-refractivity contribution in [2.24, 2.45) is 0 Å². The molecule has 0 radical (unpaired) electrons. The minimum atomic E-state index is -3.69. The first-order valence-corrected chi connectivity index (χ1v) is 9.33. The van der Waals surface area contributed by atoms with Crippen molar-refractivity contribution >= 4 is 24.6 Å². The summed E-state index contributed by atoms with van der Waals surface area (Å²) in [6.07, 6.45) is 0. The molecule has 26 heavy (non-hydrogen) atoms. The first-order valence-electron chi connectivity index (χ1n) is 7.79. The van der Waals surface area contributed by atoms with E-state index in [2.05, 4.69) is 4.98 Å². The van der Waals surface area contributed by atoms with E-state index in [1.165, 1.54) is 32.4 Å². The second-order valence-corrected chi connectivity index (χ2v) is 7.57. The number of ether oxygens (including phenoxy) is 1. The number of morpholine rings is 1. The highest BCUT2D eigenvalue weighted by Crippen LogP contribution is 2.48. The number of hydrogen-bond acceptors (Lipinski definition) is 9. The number of nitrogens with zero attached hydrogens (tertiary/aromatic N) is 3. The van der Waals surface area contributed by atoms with Gasteiger partial charge in [-0.2, -0.15) is 4.98 Å². The number of non-ortho nitro benzene ring substituents is 1. The summed E-state index contributed by atoms with van der Waals surface area (Å²) in [6.45, 7) is 2.00. The molecule has 10 nitrogen and oxygen atoms in total. The fraction of sp³-hybridized carbons (Fsp3) is 0.400. The van der Waals surface area contributed by atoms with Gasteiger partial charge in [0.15, 0.2) is 0 Å². The van der Waals surface area contributed by atoms with Gasteiger partial charge < -0.3 is 23.1 Å². The molecule has 0 saturated carbocycles. The number of benzene rings is 1. The lowest BCUT2D eigenvalue weighted by molar-refractivity contribution is -0.384. The zero-order valence-electron chi connectivity index (χ0n) is 14.3. The van der Waals surface area contributed by atoms with Crippen LogP contribution in [-0.2, 0) is 18.3 Å². The molecule has 0 N–H and O–H groups in total. The Bertz CT molecular complexity index is 840. The van der Waals surface area contributed by atoms with Gasteiger partial charge >= 0.3 is 7.60 Å². The highest BCUT2D eigenvalue weighted by atomic mass is 31.2. The van der Waals surface area contributed by atoms with Crippen LogP contribution in [0, 0.1) is 10.1 Å². The van der Waals surface area contributed by atoms with E-state index in [9.17, 15) is 14.7 Å². The number of nitro benzene ring substituents is 1. The summed E-state index contributed by atoms with van der Waals surface area (Å²) in [5.74, 6) is 0.348. The summed E-state index contributed by atoms with van der Waals surface area (Å²) in [4.78, 5) is 16.6. The number of oxazole rings is 1. The van der Waals surface area contributed by atoms with E-state index >= 15 is 0 Å². The molecule has 1 aliphatic rings. The normalized spacial score (nSPS) is 15.2. The van der Waals surface area contributed by atoms with Crippen LogP contribution in [0.2, 0.25) is 0 Å². The van der Waals surface area contributed by atoms with Crippen molar-refractivity contribution in [3.05, 3.63) is 34.4 Å². The first kappa shape index (κ1) is 18.5. The van der Waals surface area contributed by atoms with Crippen molar-refractivity contribution in [2.45, 2.75) is 0 Å². The Morgan fingerprint density at radius 1 is 1.27 bits per heavy atom. The van der Waals surface area contributed by atoms with Gasteiger partial charge in [-0.1, -0.05) is 6.07 Å². The van der Waals surface area contributed by atoms with Gasteiger partial charge in [-0.15, -0.1) is 0 Å². The van der Waals surface area contributed by atoms with Crippen LogP contribution in [0.1, 0.15) is 0 Å². The summed E-state index contributed by atoms with van der Waals surface area (Å²) >= 11 is 0. The van der Waals surface area contributed by atoms with E-state index in [0.717, 1.165) is 0 Å². The molecule has 1 fully saturated rings. The van der Waals surface area contributed by atoms with Crippen LogP contribution in [0.4, 0.5) is 11.6 Å². The Kier molecular flexibility index (Phi) is 5.38. The highest BCUT2D eigenvalue weighted by molar-refractivity contribution is 7.62. The maximum Gasteiger partial charge on any atom is 0.384 e. The topological polar surface area (TPSA) is 117 Å². The summed E-state index contributed by atoms with van der Waals surface area (Å²) < 4.78 is 34.2. The molecule has 0 atom stereocenters. The van der Waals surface area contributed by atoms with Crippen LogP contribution in [0.15, 0.2) is 28.7 Å². The molecule has 11 heteroatoms.